The molecule has 1 saturated heterocycles. The minimum atomic E-state index is -0.506. The highest BCUT2D eigenvalue weighted by molar-refractivity contribution is 5.74. The van der Waals surface area contributed by atoms with Gasteiger partial charge in [-0.3, -0.25) is 0 Å². The number of piperidine rings is 1. The lowest BCUT2D eigenvalue weighted by Crippen LogP contribution is -2.49. The van der Waals surface area contributed by atoms with Crippen molar-refractivity contribution >= 4 is 11.7 Å². The first-order chi connectivity index (χ1) is 11.7. The van der Waals surface area contributed by atoms with Crippen molar-refractivity contribution in [2.24, 2.45) is 0 Å². The maximum absolute atomic E-state index is 12.1. The molecule has 5 heteroatoms. The third kappa shape index (κ3) is 5.63. The summed E-state index contributed by atoms with van der Waals surface area (Å²) in [5, 5.41) is 12.5. The number of carbonyl (C=O) groups excluding carboxylic acids is 1. The van der Waals surface area contributed by atoms with Gasteiger partial charge in [-0.1, -0.05) is 32.9 Å². The second-order valence-corrected chi connectivity index (χ2v) is 8.24. The van der Waals surface area contributed by atoms with Crippen molar-refractivity contribution in [3.63, 3.8) is 0 Å². The van der Waals surface area contributed by atoms with Gasteiger partial charge in [-0.05, 0) is 42.9 Å². The highest BCUT2D eigenvalue weighted by Gasteiger charge is 2.23. The molecular formula is C20H33N3O2. The summed E-state index contributed by atoms with van der Waals surface area (Å²) in [6.45, 7) is 10.6. The predicted octanol–water partition coefficient (Wildman–Crippen LogP) is 2.98. The lowest BCUT2D eigenvalue weighted by molar-refractivity contribution is 0.141. The van der Waals surface area contributed by atoms with Crippen LogP contribution in [0.2, 0.25) is 0 Å². The first kappa shape index (κ1) is 19.6. The average Bonchev–Trinajstić information content (AvgIpc) is 2.54. The number of hydrogen-bond donors (Lipinski definition) is 2. The number of likely N-dealkylation sites (N-methyl/N-ethyl adjacent to an activating group) is 1. The van der Waals surface area contributed by atoms with Gasteiger partial charge in [0.2, 0.25) is 0 Å². The van der Waals surface area contributed by atoms with Crippen LogP contribution >= 0.6 is 0 Å². The van der Waals surface area contributed by atoms with Crippen LogP contribution < -0.4 is 10.2 Å². The lowest BCUT2D eigenvalue weighted by atomic mass is 9.87. The second-order valence-electron chi connectivity index (χ2n) is 8.24. The predicted molar refractivity (Wildman–Crippen MR) is 103 cm³/mol. The van der Waals surface area contributed by atoms with Gasteiger partial charge in [0, 0.05) is 38.4 Å². The first-order valence-electron chi connectivity index (χ1n) is 9.22. The van der Waals surface area contributed by atoms with E-state index in [4.69, 9.17) is 0 Å². The van der Waals surface area contributed by atoms with Crippen LogP contribution in [0, 0.1) is 0 Å². The summed E-state index contributed by atoms with van der Waals surface area (Å²) in [6, 6.07) is 8.94. The summed E-state index contributed by atoms with van der Waals surface area (Å²) in [7, 11) is 1.72. The van der Waals surface area contributed by atoms with E-state index in [1.54, 1.807) is 18.9 Å². The van der Waals surface area contributed by atoms with Gasteiger partial charge >= 0.3 is 6.03 Å². The molecule has 0 spiro atoms. The van der Waals surface area contributed by atoms with Gasteiger partial charge in [0.15, 0.2) is 0 Å². The van der Waals surface area contributed by atoms with Crippen LogP contribution in [0.4, 0.5) is 10.5 Å². The van der Waals surface area contributed by atoms with Gasteiger partial charge in [-0.25, -0.2) is 4.79 Å². The Morgan fingerprint density at radius 1 is 1.28 bits per heavy atom. The Labute approximate surface area is 152 Å². The molecule has 0 radical (unpaired) electrons. The number of anilines is 1. The molecule has 25 heavy (non-hydrogen) atoms. The number of nitrogens with one attached hydrogen (secondary N) is 1. The quantitative estimate of drug-likeness (QED) is 0.880. The minimum absolute atomic E-state index is 0.103. The normalized spacial score (nSPS) is 17.3. The zero-order valence-corrected chi connectivity index (χ0v) is 16.2. The molecule has 1 heterocycles. The SMILES string of the molecule is CC(O)CN(C)C(=O)NC1CCN(c2ccc(C(C)(C)C)cc2)CC1. The minimum Gasteiger partial charge on any atom is -0.392 e. The smallest absolute Gasteiger partial charge is 0.317 e. The Hall–Kier alpha value is -1.75. The Bertz CT molecular complexity index is 555. The molecule has 0 bridgehead atoms. The number of amides is 2. The van der Waals surface area contributed by atoms with Gasteiger partial charge in [-0.2, -0.15) is 0 Å². The molecule has 1 unspecified atom stereocenters. The van der Waals surface area contributed by atoms with Crippen molar-refractivity contribution in [1.82, 2.24) is 10.2 Å². The van der Waals surface area contributed by atoms with Gasteiger partial charge in [0.05, 0.1) is 6.10 Å². The maximum Gasteiger partial charge on any atom is 0.317 e. The highest BCUT2D eigenvalue weighted by atomic mass is 16.3. The van der Waals surface area contributed by atoms with Crippen LogP contribution in [0.3, 0.4) is 0 Å². The molecular weight excluding hydrogens is 314 g/mol. The fourth-order valence-electron chi connectivity index (χ4n) is 3.22. The summed E-state index contributed by atoms with van der Waals surface area (Å²) in [4.78, 5) is 16.0. The third-order valence-corrected chi connectivity index (χ3v) is 4.81. The van der Waals surface area contributed by atoms with E-state index < -0.39 is 6.10 Å². The van der Waals surface area contributed by atoms with Gasteiger partial charge in [0.25, 0.3) is 0 Å². The van der Waals surface area contributed by atoms with Crippen LogP contribution in [-0.4, -0.2) is 54.9 Å². The molecule has 1 aromatic rings. The summed E-state index contributed by atoms with van der Waals surface area (Å²) < 4.78 is 0. The van der Waals surface area contributed by atoms with Crippen LogP contribution in [0.25, 0.3) is 0 Å². The highest BCUT2D eigenvalue weighted by Crippen LogP contribution is 2.26. The van der Waals surface area contributed by atoms with E-state index in [-0.39, 0.29) is 17.5 Å². The topological polar surface area (TPSA) is 55.8 Å². The van der Waals surface area contributed by atoms with Crippen molar-refractivity contribution < 1.29 is 9.90 Å². The van der Waals surface area contributed by atoms with E-state index in [1.807, 2.05) is 0 Å². The van der Waals surface area contributed by atoms with Crippen molar-refractivity contribution in [3.8, 4) is 0 Å². The Morgan fingerprint density at radius 3 is 2.32 bits per heavy atom. The van der Waals surface area contributed by atoms with E-state index in [0.717, 1.165) is 25.9 Å². The molecule has 0 saturated carbocycles. The molecule has 5 nitrogen and oxygen atoms in total. The van der Waals surface area contributed by atoms with Crippen LogP contribution in [-0.2, 0) is 5.41 Å². The molecule has 2 N–H and O–H groups in total. The van der Waals surface area contributed by atoms with E-state index >= 15 is 0 Å². The van der Waals surface area contributed by atoms with Gasteiger partial charge < -0.3 is 20.2 Å². The molecule has 1 aliphatic rings. The number of carbonyl (C=O) groups is 1. The Morgan fingerprint density at radius 2 is 1.84 bits per heavy atom. The largest absolute Gasteiger partial charge is 0.392 e. The zero-order valence-electron chi connectivity index (χ0n) is 16.2. The second kappa shape index (κ2) is 8.09. The number of aliphatic hydroxyl groups is 1. The molecule has 1 fully saturated rings. The summed E-state index contributed by atoms with van der Waals surface area (Å²) >= 11 is 0. The standard InChI is InChI=1S/C20H33N3O2/c1-15(24)14-22(5)19(25)21-17-10-12-23(13-11-17)18-8-6-16(7-9-18)20(2,3)4/h6-9,15,17,24H,10-14H2,1-5H3,(H,21,25). The van der Waals surface area contributed by atoms with Crippen molar-refractivity contribution in [3.05, 3.63) is 29.8 Å². The molecule has 0 aromatic heterocycles. The fourth-order valence-corrected chi connectivity index (χ4v) is 3.22. The molecule has 2 rings (SSSR count). The summed E-state index contributed by atoms with van der Waals surface area (Å²) in [6.07, 6.45) is 1.37. The number of aliphatic hydroxyl groups excluding tert-OH is 1. The van der Waals surface area contributed by atoms with Gasteiger partial charge in [0.1, 0.15) is 0 Å². The van der Waals surface area contributed by atoms with E-state index in [1.165, 1.54) is 11.3 Å². The van der Waals surface area contributed by atoms with Crippen LogP contribution in [0.1, 0.15) is 46.1 Å². The Balaban J connectivity index is 1.84. The Kier molecular flexibility index (Phi) is 6.33. The average molecular weight is 348 g/mol. The molecule has 1 atom stereocenters. The first-order valence-corrected chi connectivity index (χ1v) is 9.22. The number of urea groups is 1. The van der Waals surface area contributed by atoms with Gasteiger partial charge in [-0.15, -0.1) is 0 Å². The summed E-state index contributed by atoms with van der Waals surface area (Å²) in [5.41, 5.74) is 2.78. The molecule has 1 aromatic carbocycles. The van der Waals surface area contributed by atoms with Crippen LogP contribution in [0.15, 0.2) is 24.3 Å². The molecule has 2 amide bonds. The molecule has 0 aliphatic carbocycles. The van der Waals surface area contributed by atoms with Crippen molar-refractivity contribution in [2.75, 3.05) is 31.6 Å². The van der Waals surface area contributed by atoms with Crippen molar-refractivity contribution in [2.45, 2.75) is 58.1 Å². The van der Waals surface area contributed by atoms with Crippen molar-refractivity contribution in [1.29, 1.82) is 0 Å². The third-order valence-electron chi connectivity index (χ3n) is 4.81. The monoisotopic (exact) mass is 347 g/mol. The van der Waals surface area contributed by atoms with E-state index in [9.17, 15) is 9.90 Å². The summed E-state index contributed by atoms with van der Waals surface area (Å²) in [5.74, 6) is 0. The number of rotatable bonds is 4. The molecule has 140 valence electrons. The lowest BCUT2D eigenvalue weighted by Gasteiger charge is -2.35. The van der Waals surface area contributed by atoms with E-state index in [2.05, 4.69) is 55.3 Å². The van der Waals surface area contributed by atoms with Crippen LogP contribution in [0.5, 0.6) is 0 Å². The zero-order chi connectivity index (χ0) is 18.6. The number of hydrogen-bond acceptors (Lipinski definition) is 3. The number of nitrogens with zero attached hydrogens (tertiary/aromatic N) is 2. The fraction of sp³-hybridized carbons (Fsp3) is 0.650. The number of benzene rings is 1. The maximum atomic E-state index is 12.1. The molecule has 1 aliphatic heterocycles. The van der Waals surface area contributed by atoms with E-state index in [0.29, 0.717) is 6.54 Å².